The fourth-order valence-corrected chi connectivity index (χ4v) is 3.71. The number of halogens is 1. The van der Waals surface area contributed by atoms with Crippen LogP contribution in [0.2, 0.25) is 5.02 Å². The Morgan fingerprint density at radius 2 is 1.89 bits per heavy atom. The number of nitrogens with zero attached hydrogens (tertiary/aromatic N) is 1. The molecule has 2 N–H and O–H groups in total. The number of hydrogen-bond acceptors (Lipinski definition) is 3. The maximum Gasteiger partial charge on any atom is 0.325 e. The van der Waals surface area contributed by atoms with Crippen LogP contribution in [0.25, 0.3) is 0 Å². The molecule has 7 heteroatoms. The van der Waals surface area contributed by atoms with Gasteiger partial charge in [0.15, 0.2) is 0 Å². The second kappa shape index (κ2) is 8.02. The van der Waals surface area contributed by atoms with Crippen molar-refractivity contribution in [3.8, 4) is 0 Å². The van der Waals surface area contributed by atoms with Gasteiger partial charge in [-0.3, -0.25) is 14.5 Å². The topological polar surface area (TPSA) is 78.5 Å². The number of aryl methyl sites for hydroxylation is 1. The van der Waals surface area contributed by atoms with E-state index in [1.54, 1.807) is 12.1 Å². The zero-order valence-corrected chi connectivity index (χ0v) is 16.5. The van der Waals surface area contributed by atoms with Crippen LogP contribution < -0.4 is 10.6 Å². The number of anilines is 1. The first-order valence-electron chi connectivity index (χ1n) is 9.13. The first kappa shape index (κ1) is 19.9. The van der Waals surface area contributed by atoms with Crippen molar-refractivity contribution in [2.75, 3.05) is 11.9 Å². The fraction of sp³-hybridized carbons (Fsp3) is 0.286. The van der Waals surface area contributed by atoms with Crippen LogP contribution in [0.1, 0.15) is 30.9 Å². The summed E-state index contributed by atoms with van der Waals surface area (Å²) in [5, 5.41) is 5.86. The lowest BCUT2D eigenvalue weighted by atomic mass is 9.85. The lowest BCUT2D eigenvalue weighted by molar-refractivity contribution is -0.134. The van der Waals surface area contributed by atoms with Crippen molar-refractivity contribution in [1.29, 1.82) is 0 Å². The van der Waals surface area contributed by atoms with Crippen molar-refractivity contribution in [2.45, 2.75) is 32.2 Å². The second-order valence-corrected chi connectivity index (χ2v) is 7.28. The highest BCUT2D eigenvalue weighted by atomic mass is 35.5. The van der Waals surface area contributed by atoms with Crippen molar-refractivity contribution < 1.29 is 14.4 Å². The van der Waals surface area contributed by atoms with Gasteiger partial charge in [-0.2, -0.15) is 0 Å². The molecular weight excluding hydrogens is 378 g/mol. The molecule has 1 fully saturated rings. The number of imide groups is 1. The van der Waals surface area contributed by atoms with Crippen molar-refractivity contribution >= 4 is 35.1 Å². The fourth-order valence-electron chi connectivity index (χ4n) is 3.43. The Morgan fingerprint density at radius 1 is 1.18 bits per heavy atom. The van der Waals surface area contributed by atoms with Gasteiger partial charge in [0.05, 0.1) is 10.7 Å². The largest absolute Gasteiger partial charge is 0.325 e. The molecular formula is C21H22ClN3O3. The molecule has 0 spiro atoms. The number of nitrogens with one attached hydrogen (secondary N) is 2. The SMILES string of the molecule is CCC[C@@]1(c2ccccc2)NC(=O)N(CC(=O)Nc2ccc(C)cc2Cl)C1=O. The number of carbonyl (C=O) groups excluding carboxylic acids is 3. The standard InChI is InChI=1S/C21H22ClN3O3/c1-3-11-21(15-7-5-4-6-8-15)19(27)25(20(28)24-21)13-18(26)23-17-10-9-14(2)12-16(17)22/h4-10,12H,3,11,13H2,1-2H3,(H,23,26)(H,24,28)/t21-/m0/s1. The summed E-state index contributed by atoms with van der Waals surface area (Å²) >= 11 is 6.14. The number of carbonyl (C=O) groups is 3. The average Bonchev–Trinajstić information content (AvgIpc) is 2.90. The quantitative estimate of drug-likeness (QED) is 0.724. The summed E-state index contributed by atoms with van der Waals surface area (Å²) in [5.74, 6) is -0.912. The monoisotopic (exact) mass is 399 g/mol. The highest BCUT2D eigenvalue weighted by Crippen LogP contribution is 2.33. The van der Waals surface area contributed by atoms with Crippen molar-refractivity contribution in [3.05, 3.63) is 64.7 Å². The summed E-state index contributed by atoms with van der Waals surface area (Å²) in [6.45, 7) is 3.45. The van der Waals surface area contributed by atoms with Gasteiger partial charge in [0.1, 0.15) is 12.1 Å². The summed E-state index contributed by atoms with van der Waals surface area (Å²) in [7, 11) is 0. The summed E-state index contributed by atoms with van der Waals surface area (Å²) < 4.78 is 0. The number of hydrogen-bond donors (Lipinski definition) is 2. The molecule has 3 rings (SSSR count). The minimum atomic E-state index is -1.14. The van der Waals surface area contributed by atoms with E-state index in [1.807, 2.05) is 50.2 Å². The van der Waals surface area contributed by atoms with E-state index in [-0.39, 0.29) is 6.54 Å². The van der Waals surface area contributed by atoms with E-state index >= 15 is 0 Å². The first-order valence-corrected chi connectivity index (χ1v) is 9.51. The molecule has 0 radical (unpaired) electrons. The first-order chi connectivity index (χ1) is 13.4. The third kappa shape index (κ3) is 3.73. The van der Waals surface area contributed by atoms with Crippen LogP contribution in [-0.4, -0.2) is 29.3 Å². The van der Waals surface area contributed by atoms with Crippen LogP contribution in [0.3, 0.4) is 0 Å². The van der Waals surface area contributed by atoms with Gasteiger partial charge in [-0.1, -0.05) is 61.3 Å². The molecule has 1 aliphatic heterocycles. The van der Waals surface area contributed by atoms with Crippen molar-refractivity contribution in [3.63, 3.8) is 0 Å². The van der Waals surface area contributed by atoms with Gasteiger partial charge in [-0.15, -0.1) is 0 Å². The van der Waals surface area contributed by atoms with Gasteiger partial charge in [0.2, 0.25) is 5.91 Å². The van der Waals surface area contributed by atoms with Crippen LogP contribution in [-0.2, 0) is 15.1 Å². The smallest absolute Gasteiger partial charge is 0.323 e. The van der Waals surface area contributed by atoms with Crippen LogP contribution >= 0.6 is 11.6 Å². The van der Waals surface area contributed by atoms with Crippen LogP contribution in [0.4, 0.5) is 10.5 Å². The van der Waals surface area contributed by atoms with E-state index < -0.39 is 23.4 Å². The van der Waals surface area contributed by atoms with Gasteiger partial charge in [-0.25, -0.2) is 4.79 Å². The third-order valence-corrected chi connectivity index (χ3v) is 5.08. The lowest BCUT2D eigenvalue weighted by Gasteiger charge is -2.26. The Balaban J connectivity index is 1.80. The number of amides is 4. The van der Waals surface area contributed by atoms with Gasteiger partial charge >= 0.3 is 6.03 Å². The summed E-state index contributed by atoms with van der Waals surface area (Å²) in [5.41, 5.74) is 0.964. The molecule has 4 amide bonds. The predicted molar refractivity (Wildman–Crippen MR) is 108 cm³/mol. The van der Waals surface area contributed by atoms with E-state index in [9.17, 15) is 14.4 Å². The molecule has 0 aliphatic carbocycles. The summed E-state index contributed by atoms with van der Waals surface area (Å²) in [4.78, 5) is 39.1. The zero-order valence-electron chi connectivity index (χ0n) is 15.8. The van der Waals surface area contributed by atoms with Crippen molar-refractivity contribution in [2.24, 2.45) is 0 Å². The Hall–Kier alpha value is -2.86. The molecule has 0 aromatic heterocycles. The normalized spacial score (nSPS) is 18.9. The highest BCUT2D eigenvalue weighted by Gasteiger charge is 2.52. The van der Waals surface area contributed by atoms with E-state index in [1.165, 1.54) is 0 Å². The van der Waals surface area contributed by atoms with Gasteiger partial charge in [0.25, 0.3) is 5.91 Å². The molecule has 28 heavy (non-hydrogen) atoms. The minimum absolute atomic E-state index is 0.382. The molecule has 6 nitrogen and oxygen atoms in total. The maximum atomic E-state index is 13.2. The number of benzene rings is 2. The van der Waals surface area contributed by atoms with E-state index in [0.29, 0.717) is 29.1 Å². The van der Waals surface area contributed by atoms with Gasteiger partial charge in [0, 0.05) is 0 Å². The lowest BCUT2D eigenvalue weighted by Crippen LogP contribution is -2.44. The van der Waals surface area contributed by atoms with Crippen LogP contribution in [0.15, 0.2) is 48.5 Å². The highest BCUT2D eigenvalue weighted by molar-refractivity contribution is 6.33. The third-order valence-electron chi connectivity index (χ3n) is 4.77. The summed E-state index contributed by atoms with van der Waals surface area (Å²) in [6.07, 6.45) is 1.14. The molecule has 146 valence electrons. The average molecular weight is 400 g/mol. The van der Waals surface area contributed by atoms with Crippen LogP contribution in [0, 0.1) is 6.92 Å². The Morgan fingerprint density at radius 3 is 2.54 bits per heavy atom. The Kier molecular flexibility index (Phi) is 5.70. The minimum Gasteiger partial charge on any atom is -0.323 e. The van der Waals surface area contributed by atoms with Gasteiger partial charge < -0.3 is 10.6 Å². The molecule has 2 aromatic carbocycles. The molecule has 1 saturated heterocycles. The number of urea groups is 1. The molecule has 0 bridgehead atoms. The van der Waals surface area contributed by atoms with Crippen LogP contribution in [0.5, 0.6) is 0 Å². The zero-order chi connectivity index (χ0) is 20.3. The summed E-state index contributed by atoms with van der Waals surface area (Å²) in [6, 6.07) is 13.8. The van der Waals surface area contributed by atoms with E-state index in [0.717, 1.165) is 10.5 Å². The Bertz CT molecular complexity index is 916. The van der Waals surface area contributed by atoms with E-state index in [2.05, 4.69) is 10.6 Å². The molecule has 1 heterocycles. The van der Waals surface area contributed by atoms with E-state index in [4.69, 9.17) is 11.6 Å². The maximum absolute atomic E-state index is 13.2. The number of rotatable bonds is 6. The second-order valence-electron chi connectivity index (χ2n) is 6.87. The molecule has 0 saturated carbocycles. The van der Waals surface area contributed by atoms with Crippen molar-refractivity contribution in [1.82, 2.24) is 10.2 Å². The molecule has 0 unspecified atom stereocenters. The molecule has 1 aliphatic rings. The van der Waals surface area contributed by atoms with Gasteiger partial charge in [-0.05, 0) is 36.6 Å². The molecule has 1 atom stereocenters. The molecule has 2 aromatic rings. The predicted octanol–water partition coefficient (Wildman–Crippen LogP) is 3.83. The Labute approximate surface area is 168 Å².